The van der Waals surface area contributed by atoms with Crippen molar-refractivity contribution >= 4 is 39.3 Å². The van der Waals surface area contributed by atoms with Crippen LogP contribution in [0.2, 0.25) is 0 Å². The number of carbonyl (C=O) groups is 2. The van der Waals surface area contributed by atoms with Crippen LogP contribution in [-0.4, -0.2) is 40.7 Å². The zero-order chi connectivity index (χ0) is 22.4. The summed E-state index contributed by atoms with van der Waals surface area (Å²) in [4.78, 5) is 23.4. The molecule has 0 unspecified atom stereocenters. The Morgan fingerprint density at radius 1 is 1.16 bits per heavy atom. The Hall–Kier alpha value is -3.16. The van der Waals surface area contributed by atoms with Gasteiger partial charge in [0.15, 0.2) is 5.16 Å². The molecule has 2 aromatic heterocycles. The highest BCUT2D eigenvalue weighted by Crippen LogP contribution is 2.21. The first-order valence-corrected chi connectivity index (χ1v) is 11.5. The Kier molecular flexibility index (Phi) is 7.09. The molecule has 2 amide bonds. The predicted molar refractivity (Wildman–Crippen MR) is 113 cm³/mol. The predicted octanol–water partition coefficient (Wildman–Crippen LogP) is 0.716. The van der Waals surface area contributed by atoms with Gasteiger partial charge in [-0.1, -0.05) is 11.8 Å². The van der Waals surface area contributed by atoms with Crippen molar-refractivity contribution in [1.82, 2.24) is 14.8 Å². The first-order chi connectivity index (χ1) is 14.7. The van der Waals surface area contributed by atoms with Crippen LogP contribution in [-0.2, 0) is 32.6 Å². The topological polar surface area (TPSA) is 176 Å². The van der Waals surface area contributed by atoms with Crippen molar-refractivity contribution in [3.05, 3.63) is 54.2 Å². The summed E-state index contributed by atoms with van der Waals surface area (Å²) in [5.41, 5.74) is 5.65. The van der Waals surface area contributed by atoms with Crippen LogP contribution < -0.4 is 16.2 Å². The summed E-state index contributed by atoms with van der Waals surface area (Å²) in [7, 11) is -3.80. The minimum Gasteiger partial charge on any atom is -0.467 e. The fourth-order valence-electron chi connectivity index (χ4n) is 2.62. The number of aromatic nitrogens is 3. The van der Waals surface area contributed by atoms with Gasteiger partial charge >= 0.3 is 0 Å². The monoisotopic (exact) mass is 464 g/mol. The van der Waals surface area contributed by atoms with E-state index in [1.807, 2.05) is 0 Å². The van der Waals surface area contributed by atoms with Crippen LogP contribution in [0.15, 0.2) is 57.1 Å². The van der Waals surface area contributed by atoms with Gasteiger partial charge in [-0.3, -0.25) is 14.2 Å². The van der Waals surface area contributed by atoms with Gasteiger partial charge in [0.25, 0.3) is 0 Å². The largest absolute Gasteiger partial charge is 0.467 e. The quantitative estimate of drug-likeness (QED) is 0.367. The lowest BCUT2D eigenvalue weighted by atomic mass is 10.3. The Morgan fingerprint density at radius 2 is 1.90 bits per heavy atom. The molecule has 1 aromatic carbocycles. The molecule has 3 rings (SSSR count). The number of anilines is 1. The first-order valence-electron chi connectivity index (χ1n) is 9.00. The van der Waals surface area contributed by atoms with Crippen molar-refractivity contribution in [3.63, 3.8) is 0 Å². The van der Waals surface area contributed by atoms with E-state index >= 15 is 0 Å². The van der Waals surface area contributed by atoms with Crippen molar-refractivity contribution in [2.75, 3.05) is 11.1 Å². The summed E-state index contributed by atoms with van der Waals surface area (Å²) >= 11 is 1.16. The van der Waals surface area contributed by atoms with E-state index in [4.69, 9.17) is 15.3 Å². The second-order valence-electron chi connectivity index (χ2n) is 6.44. The lowest BCUT2D eigenvalue weighted by Gasteiger charge is -2.09. The number of nitrogens with one attached hydrogen (secondary N) is 1. The number of primary sulfonamides is 1. The number of hydrogen-bond acceptors (Lipinski definition) is 8. The summed E-state index contributed by atoms with van der Waals surface area (Å²) < 4.78 is 29.7. The summed E-state index contributed by atoms with van der Waals surface area (Å²) in [5.74, 6) is 0.482. The van der Waals surface area contributed by atoms with E-state index in [1.54, 1.807) is 23.0 Å². The Labute approximate surface area is 182 Å². The van der Waals surface area contributed by atoms with Gasteiger partial charge in [-0.05, 0) is 36.4 Å². The molecule has 164 valence electrons. The number of amides is 2. The number of thioether (sulfide) groups is 1. The van der Waals surface area contributed by atoms with Crippen LogP contribution in [0.1, 0.15) is 18.0 Å². The number of hydrogen-bond donors (Lipinski definition) is 3. The minimum atomic E-state index is -3.80. The second-order valence-corrected chi connectivity index (χ2v) is 8.94. The molecule has 3 aromatic rings. The second kappa shape index (κ2) is 9.76. The molecular formula is C18H20N6O5S2. The fraction of sp³-hybridized carbons (Fsp3) is 0.222. The molecule has 0 saturated carbocycles. The smallest absolute Gasteiger partial charge is 0.238 e. The average molecular weight is 465 g/mol. The summed E-state index contributed by atoms with van der Waals surface area (Å²) in [5, 5.41) is 16.4. The van der Waals surface area contributed by atoms with Gasteiger partial charge in [-0.15, -0.1) is 10.2 Å². The van der Waals surface area contributed by atoms with Gasteiger partial charge in [0.2, 0.25) is 21.8 Å². The van der Waals surface area contributed by atoms with E-state index in [1.165, 1.54) is 24.3 Å². The molecule has 0 spiro atoms. The molecule has 0 fully saturated rings. The van der Waals surface area contributed by atoms with Crippen LogP contribution in [0.5, 0.6) is 0 Å². The van der Waals surface area contributed by atoms with E-state index in [9.17, 15) is 18.0 Å². The van der Waals surface area contributed by atoms with Gasteiger partial charge in [0.1, 0.15) is 11.6 Å². The fourth-order valence-corrected chi connectivity index (χ4v) is 3.89. The Morgan fingerprint density at radius 3 is 2.52 bits per heavy atom. The number of aryl methyl sites for hydroxylation is 1. The molecule has 0 bridgehead atoms. The van der Waals surface area contributed by atoms with Gasteiger partial charge in [-0.25, -0.2) is 13.6 Å². The standard InChI is InChI=1S/C18H20N6O5S2/c19-15(25)7-8-16-22-23-18(24(16)10-13-2-1-9-29-13)30-11-17(26)21-12-3-5-14(6-4-12)31(20,27)28/h1-6,9H,7-8,10-11H2,(H2,19,25)(H,21,26)(H2,20,27,28). The van der Waals surface area contributed by atoms with E-state index < -0.39 is 15.9 Å². The van der Waals surface area contributed by atoms with Crippen LogP contribution >= 0.6 is 11.8 Å². The van der Waals surface area contributed by atoms with E-state index in [0.717, 1.165) is 11.8 Å². The normalized spacial score (nSPS) is 11.4. The van der Waals surface area contributed by atoms with Gasteiger partial charge < -0.3 is 15.5 Å². The van der Waals surface area contributed by atoms with Crippen molar-refractivity contribution in [1.29, 1.82) is 0 Å². The van der Waals surface area contributed by atoms with Gasteiger partial charge in [0.05, 0.1) is 23.5 Å². The number of sulfonamides is 1. The maximum absolute atomic E-state index is 12.3. The van der Waals surface area contributed by atoms with Crippen molar-refractivity contribution < 1.29 is 22.4 Å². The van der Waals surface area contributed by atoms with Crippen LogP contribution in [0.4, 0.5) is 5.69 Å². The summed E-state index contributed by atoms with van der Waals surface area (Å²) in [6.07, 6.45) is 1.98. The van der Waals surface area contributed by atoms with Crippen molar-refractivity contribution in [2.24, 2.45) is 10.9 Å². The number of rotatable bonds is 10. The number of carbonyl (C=O) groups excluding carboxylic acids is 2. The minimum absolute atomic E-state index is 0.0308. The first kappa shape index (κ1) is 22.5. The third-order valence-electron chi connectivity index (χ3n) is 4.08. The van der Waals surface area contributed by atoms with Crippen molar-refractivity contribution in [3.8, 4) is 0 Å². The van der Waals surface area contributed by atoms with Crippen LogP contribution in [0.25, 0.3) is 0 Å². The lowest BCUT2D eigenvalue weighted by Crippen LogP contribution is -2.16. The maximum atomic E-state index is 12.3. The summed E-state index contributed by atoms with van der Waals surface area (Å²) in [6.45, 7) is 0.340. The van der Waals surface area contributed by atoms with Crippen LogP contribution in [0, 0.1) is 0 Å². The van der Waals surface area contributed by atoms with E-state index in [0.29, 0.717) is 35.4 Å². The summed E-state index contributed by atoms with van der Waals surface area (Å²) in [6, 6.07) is 9.06. The molecule has 0 atom stereocenters. The molecule has 0 aliphatic heterocycles. The van der Waals surface area contributed by atoms with E-state index in [-0.39, 0.29) is 23.0 Å². The molecule has 11 nitrogen and oxygen atoms in total. The Balaban J connectivity index is 1.65. The third-order valence-corrected chi connectivity index (χ3v) is 5.98. The Bertz CT molecular complexity index is 1160. The average Bonchev–Trinajstić information content (AvgIpc) is 3.35. The number of benzene rings is 1. The lowest BCUT2D eigenvalue weighted by molar-refractivity contribution is -0.118. The van der Waals surface area contributed by atoms with Crippen LogP contribution in [0.3, 0.4) is 0 Å². The van der Waals surface area contributed by atoms with E-state index in [2.05, 4.69) is 15.5 Å². The highest BCUT2D eigenvalue weighted by molar-refractivity contribution is 7.99. The number of nitrogens with two attached hydrogens (primary N) is 2. The number of furan rings is 1. The maximum Gasteiger partial charge on any atom is 0.238 e. The number of nitrogens with zero attached hydrogens (tertiary/aromatic N) is 3. The van der Waals surface area contributed by atoms with Crippen molar-refractivity contribution in [2.45, 2.75) is 29.4 Å². The molecule has 0 radical (unpaired) electrons. The molecule has 0 aliphatic rings. The van der Waals surface area contributed by atoms with Gasteiger partial charge in [0, 0.05) is 18.5 Å². The highest BCUT2D eigenvalue weighted by atomic mass is 32.2. The molecule has 5 N–H and O–H groups in total. The number of primary amides is 1. The molecule has 13 heteroatoms. The SMILES string of the molecule is NC(=O)CCc1nnc(SCC(=O)Nc2ccc(S(N)(=O)=O)cc2)n1Cc1ccco1. The zero-order valence-electron chi connectivity index (χ0n) is 16.2. The molecular weight excluding hydrogens is 444 g/mol. The zero-order valence-corrected chi connectivity index (χ0v) is 17.9. The molecule has 2 heterocycles. The third kappa shape index (κ3) is 6.41. The molecule has 0 saturated heterocycles. The molecule has 0 aliphatic carbocycles. The van der Waals surface area contributed by atoms with Gasteiger partial charge in [-0.2, -0.15) is 0 Å². The molecule has 31 heavy (non-hydrogen) atoms. The highest BCUT2D eigenvalue weighted by Gasteiger charge is 2.16.